The number of carbonyl (C=O) groups excluding carboxylic acids is 1. The minimum atomic E-state index is -0.710. The van der Waals surface area contributed by atoms with E-state index in [0.717, 1.165) is 4.88 Å². The number of para-hydroxylation sites is 2. The van der Waals surface area contributed by atoms with Crippen molar-refractivity contribution in [3.63, 3.8) is 0 Å². The van der Waals surface area contributed by atoms with Crippen LogP contribution >= 0.6 is 11.3 Å². The second kappa shape index (κ2) is 6.60. The van der Waals surface area contributed by atoms with Crippen molar-refractivity contribution < 1.29 is 18.7 Å². The summed E-state index contributed by atoms with van der Waals surface area (Å²) in [6.07, 6.45) is 0.458. The van der Waals surface area contributed by atoms with Crippen LogP contribution in [0.3, 0.4) is 0 Å². The highest BCUT2D eigenvalue weighted by molar-refractivity contribution is 7.13. The lowest BCUT2D eigenvalue weighted by Gasteiger charge is -2.30. The van der Waals surface area contributed by atoms with Crippen LogP contribution in [0, 0.1) is 0 Å². The normalized spacial score (nSPS) is 18.8. The number of aromatic nitrogens is 1. The molecular formula is C18H16N2O4S. The van der Waals surface area contributed by atoms with Crippen LogP contribution in [0.5, 0.6) is 11.5 Å². The smallest absolute Gasteiger partial charge is 0.265 e. The number of rotatable bonds is 4. The van der Waals surface area contributed by atoms with Crippen molar-refractivity contribution in [2.75, 3.05) is 0 Å². The first-order valence-electron chi connectivity index (χ1n) is 7.89. The van der Waals surface area contributed by atoms with Crippen LogP contribution in [0.15, 0.2) is 52.5 Å². The lowest BCUT2D eigenvalue weighted by Crippen LogP contribution is -2.48. The zero-order valence-corrected chi connectivity index (χ0v) is 14.3. The van der Waals surface area contributed by atoms with Crippen LogP contribution < -0.4 is 14.8 Å². The fourth-order valence-corrected chi connectivity index (χ4v) is 3.24. The summed E-state index contributed by atoms with van der Waals surface area (Å²) >= 11 is 1.55. The number of nitrogens with one attached hydrogen (secondary N) is 1. The maximum atomic E-state index is 12.5. The van der Waals surface area contributed by atoms with Gasteiger partial charge in [0.15, 0.2) is 11.5 Å². The van der Waals surface area contributed by atoms with Crippen LogP contribution in [0.1, 0.15) is 12.6 Å². The molecule has 0 aliphatic carbocycles. The van der Waals surface area contributed by atoms with Crippen LogP contribution in [0.25, 0.3) is 10.8 Å². The molecule has 128 valence electrons. The van der Waals surface area contributed by atoms with E-state index < -0.39 is 6.10 Å². The predicted molar refractivity (Wildman–Crippen MR) is 92.6 cm³/mol. The van der Waals surface area contributed by atoms with Gasteiger partial charge in [0, 0.05) is 0 Å². The number of hydrogen-bond donors (Lipinski definition) is 1. The Bertz CT molecular complexity index is 875. The molecule has 4 rings (SSSR count). The van der Waals surface area contributed by atoms with Crippen molar-refractivity contribution in [2.45, 2.75) is 25.7 Å². The molecule has 2 unspecified atom stereocenters. The van der Waals surface area contributed by atoms with Gasteiger partial charge in [-0.2, -0.15) is 0 Å². The molecule has 6 nitrogen and oxygen atoms in total. The fourth-order valence-electron chi connectivity index (χ4n) is 2.59. The Labute approximate surface area is 148 Å². The van der Waals surface area contributed by atoms with Gasteiger partial charge in [0.25, 0.3) is 5.91 Å². The number of carbonyl (C=O) groups is 1. The Morgan fingerprint density at radius 2 is 2.00 bits per heavy atom. The van der Waals surface area contributed by atoms with E-state index in [-0.39, 0.29) is 18.6 Å². The molecule has 1 amide bonds. The summed E-state index contributed by atoms with van der Waals surface area (Å²) in [6.45, 7) is 2.08. The number of ether oxygens (including phenoxy) is 2. The SMILES string of the molecule is CC1Oc2ccccc2OC1C(=O)NCc1coc(-c2cccs2)n1. The standard InChI is InChI=1S/C18H16N2O4S/c1-11-16(24-14-6-3-2-5-13(14)23-11)17(21)19-9-12-10-22-18(20-12)15-7-4-8-25-15/h2-8,10-11,16H,9H2,1H3,(H,19,21). The molecular weight excluding hydrogens is 340 g/mol. The molecule has 7 heteroatoms. The first-order chi connectivity index (χ1) is 12.2. The molecule has 1 aromatic carbocycles. The van der Waals surface area contributed by atoms with Crippen molar-refractivity contribution in [1.29, 1.82) is 0 Å². The number of oxazole rings is 1. The summed E-state index contributed by atoms with van der Waals surface area (Å²) < 4.78 is 17.0. The van der Waals surface area contributed by atoms with Crippen molar-refractivity contribution in [2.24, 2.45) is 0 Å². The van der Waals surface area contributed by atoms with Crippen molar-refractivity contribution in [3.8, 4) is 22.3 Å². The van der Waals surface area contributed by atoms with Crippen LogP contribution in [-0.4, -0.2) is 23.1 Å². The van der Waals surface area contributed by atoms with E-state index in [1.165, 1.54) is 0 Å². The second-order valence-electron chi connectivity index (χ2n) is 5.65. The molecule has 0 spiro atoms. The summed E-state index contributed by atoms with van der Waals surface area (Å²) in [7, 11) is 0. The minimum absolute atomic E-state index is 0.248. The number of benzene rings is 1. The lowest BCUT2D eigenvalue weighted by atomic mass is 10.1. The molecule has 1 aliphatic rings. The molecule has 3 aromatic rings. The van der Waals surface area contributed by atoms with Crippen LogP contribution in [0.2, 0.25) is 0 Å². The van der Waals surface area contributed by atoms with Crippen LogP contribution in [-0.2, 0) is 11.3 Å². The fraction of sp³-hybridized carbons (Fsp3) is 0.222. The number of hydrogen-bond acceptors (Lipinski definition) is 6. The molecule has 25 heavy (non-hydrogen) atoms. The van der Waals surface area contributed by atoms with E-state index in [0.29, 0.717) is 23.1 Å². The summed E-state index contributed by atoms with van der Waals surface area (Å²) in [5, 5.41) is 4.78. The van der Waals surface area contributed by atoms with Gasteiger partial charge in [0.05, 0.1) is 17.1 Å². The maximum Gasteiger partial charge on any atom is 0.265 e. The topological polar surface area (TPSA) is 73.6 Å². The molecule has 0 radical (unpaired) electrons. The molecule has 0 fully saturated rings. The quantitative estimate of drug-likeness (QED) is 0.777. The molecule has 3 heterocycles. The highest BCUT2D eigenvalue weighted by Gasteiger charge is 2.33. The van der Waals surface area contributed by atoms with Crippen molar-refractivity contribution >= 4 is 17.2 Å². The average molecular weight is 356 g/mol. The van der Waals surface area contributed by atoms with E-state index in [9.17, 15) is 4.79 Å². The van der Waals surface area contributed by atoms with E-state index in [1.807, 2.05) is 42.6 Å². The minimum Gasteiger partial charge on any atom is -0.482 e. The Hall–Kier alpha value is -2.80. The summed E-state index contributed by atoms with van der Waals surface area (Å²) in [5.74, 6) is 1.53. The zero-order valence-electron chi connectivity index (χ0n) is 13.5. The Kier molecular flexibility index (Phi) is 4.15. The first-order valence-corrected chi connectivity index (χ1v) is 8.77. The Morgan fingerprint density at radius 1 is 1.20 bits per heavy atom. The monoisotopic (exact) mass is 356 g/mol. The summed E-state index contributed by atoms with van der Waals surface area (Å²) in [5.41, 5.74) is 0.654. The van der Waals surface area contributed by atoms with Gasteiger partial charge in [-0.1, -0.05) is 18.2 Å². The van der Waals surface area contributed by atoms with E-state index in [4.69, 9.17) is 13.9 Å². The summed E-state index contributed by atoms with van der Waals surface area (Å²) in [4.78, 5) is 17.8. The summed E-state index contributed by atoms with van der Waals surface area (Å²) in [6, 6.07) is 11.2. The highest BCUT2D eigenvalue weighted by Crippen LogP contribution is 2.33. The highest BCUT2D eigenvalue weighted by atomic mass is 32.1. The lowest BCUT2D eigenvalue weighted by molar-refractivity contribution is -0.133. The molecule has 2 aromatic heterocycles. The van der Waals surface area contributed by atoms with Gasteiger partial charge < -0.3 is 19.2 Å². The molecule has 1 N–H and O–H groups in total. The van der Waals surface area contributed by atoms with Crippen molar-refractivity contribution in [1.82, 2.24) is 10.3 Å². The molecule has 0 saturated carbocycles. The van der Waals surface area contributed by atoms with Gasteiger partial charge in [-0.15, -0.1) is 11.3 Å². The number of fused-ring (bicyclic) bond motifs is 1. The zero-order chi connectivity index (χ0) is 17.2. The second-order valence-corrected chi connectivity index (χ2v) is 6.59. The third-order valence-electron chi connectivity index (χ3n) is 3.83. The Morgan fingerprint density at radius 3 is 2.76 bits per heavy atom. The number of amides is 1. The largest absolute Gasteiger partial charge is 0.482 e. The molecule has 0 saturated heterocycles. The Balaban J connectivity index is 1.39. The van der Waals surface area contributed by atoms with E-state index in [1.54, 1.807) is 23.7 Å². The van der Waals surface area contributed by atoms with Gasteiger partial charge in [0.2, 0.25) is 12.0 Å². The number of nitrogens with zero attached hydrogens (tertiary/aromatic N) is 1. The van der Waals surface area contributed by atoms with Gasteiger partial charge in [-0.3, -0.25) is 4.79 Å². The molecule has 0 bridgehead atoms. The molecule has 2 atom stereocenters. The van der Waals surface area contributed by atoms with Gasteiger partial charge in [0.1, 0.15) is 12.4 Å². The third-order valence-corrected chi connectivity index (χ3v) is 4.69. The van der Waals surface area contributed by atoms with Gasteiger partial charge in [-0.05, 0) is 30.5 Å². The predicted octanol–water partition coefficient (Wildman–Crippen LogP) is 3.25. The van der Waals surface area contributed by atoms with Gasteiger partial charge >= 0.3 is 0 Å². The maximum absolute atomic E-state index is 12.5. The van der Waals surface area contributed by atoms with E-state index >= 15 is 0 Å². The van der Waals surface area contributed by atoms with E-state index in [2.05, 4.69) is 10.3 Å². The average Bonchev–Trinajstić information content (AvgIpc) is 3.30. The third kappa shape index (κ3) is 3.23. The first kappa shape index (κ1) is 15.7. The van der Waals surface area contributed by atoms with Gasteiger partial charge in [-0.25, -0.2) is 4.98 Å². The van der Waals surface area contributed by atoms with Crippen LogP contribution in [0.4, 0.5) is 0 Å². The number of thiophene rings is 1. The molecule has 1 aliphatic heterocycles. The van der Waals surface area contributed by atoms with Crippen molar-refractivity contribution in [3.05, 3.63) is 53.7 Å².